The van der Waals surface area contributed by atoms with E-state index in [4.69, 9.17) is 4.98 Å². The summed E-state index contributed by atoms with van der Waals surface area (Å²) in [5.41, 5.74) is 5.39. The number of carbonyl (C=O) groups is 1. The van der Waals surface area contributed by atoms with Crippen LogP contribution in [0.2, 0.25) is 0 Å². The van der Waals surface area contributed by atoms with Crippen molar-refractivity contribution < 1.29 is 4.79 Å². The van der Waals surface area contributed by atoms with Gasteiger partial charge in [-0.25, -0.2) is 4.98 Å². The molecular formula is C20H19N3O. The molecule has 120 valence electrons. The lowest BCUT2D eigenvalue weighted by atomic mass is 10.1. The first-order valence-corrected chi connectivity index (χ1v) is 8.61. The van der Waals surface area contributed by atoms with Gasteiger partial charge in [0, 0.05) is 35.6 Å². The monoisotopic (exact) mass is 317 g/mol. The Hall–Kier alpha value is -2.62. The second-order valence-corrected chi connectivity index (χ2v) is 6.97. The van der Waals surface area contributed by atoms with E-state index in [0.29, 0.717) is 5.91 Å². The summed E-state index contributed by atoms with van der Waals surface area (Å²) in [5, 5.41) is 0. The molecule has 1 saturated carbocycles. The zero-order valence-corrected chi connectivity index (χ0v) is 13.6. The van der Waals surface area contributed by atoms with Gasteiger partial charge in [-0.05, 0) is 56.0 Å². The molecule has 24 heavy (non-hydrogen) atoms. The molecule has 0 N–H and O–H groups in total. The molecule has 0 bridgehead atoms. The van der Waals surface area contributed by atoms with Crippen molar-refractivity contribution in [3.63, 3.8) is 0 Å². The Morgan fingerprint density at radius 3 is 2.88 bits per heavy atom. The van der Waals surface area contributed by atoms with Crippen molar-refractivity contribution in [2.75, 3.05) is 4.90 Å². The fourth-order valence-corrected chi connectivity index (χ4v) is 3.73. The first-order valence-electron chi connectivity index (χ1n) is 8.61. The molecule has 1 fully saturated rings. The van der Waals surface area contributed by atoms with E-state index in [2.05, 4.69) is 31.3 Å². The molecular weight excluding hydrogens is 298 g/mol. The van der Waals surface area contributed by atoms with Gasteiger partial charge < -0.3 is 9.30 Å². The molecule has 3 aromatic rings. The van der Waals surface area contributed by atoms with Crippen LogP contribution in [0.3, 0.4) is 0 Å². The lowest BCUT2D eigenvalue weighted by Gasteiger charge is -2.22. The maximum Gasteiger partial charge on any atom is 0.230 e. The van der Waals surface area contributed by atoms with E-state index in [-0.39, 0.29) is 12.0 Å². The van der Waals surface area contributed by atoms with Gasteiger partial charge in [-0.15, -0.1) is 0 Å². The number of pyridine rings is 1. The minimum absolute atomic E-state index is 0.254. The molecule has 1 aromatic carbocycles. The van der Waals surface area contributed by atoms with Crippen LogP contribution in [0.25, 0.3) is 16.9 Å². The highest BCUT2D eigenvalue weighted by molar-refractivity contribution is 5.99. The third-order valence-corrected chi connectivity index (χ3v) is 5.12. The number of benzene rings is 1. The molecule has 2 aliphatic rings. The van der Waals surface area contributed by atoms with E-state index < -0.39 is 0 Å². The van der Waals surface area contributed by atoms with Crippen LogP contribution < -0.4 is 4.90 Å². The first-order chi connectivity index (χ1) is 11.7. The lowest BCUT2D eigenvalue weighted by molar-refractivity contribution is -0.120. The standard InChI is InChI=1S/C20H19N3O/c1-13-10-16-11-15(17-12-22-9-3-2-4-19(22)21-17)7-8-18(16)23(13)20(24)14-5-6-14/h2-4,7-9,11-14H,5-6,10H2,1H3. The van der Waals surface area contributed by atoms with Gasteiger partial charge in [0.2, 0.25) is 5.91 Å². The number of anilines is 1. The topological polar surface area (TPSA) is 37.6 Å². The second-order valence-electron chi connectivity index (χ2n) is 6.97. The van der Waals surface area contributed by atoms with Crippen molar-refractivity contribution in [2.45, 2.75) is 32.2 Å². The Morgan fingerprint density at radius 2 is 2.08 bits per heavy atom. The van der Waals surface area contributed by atoms with Crippen molar-refractivity contribution in [3.8, 4) is 11.3 Å². The van der Waals surface area contributed by atoms with Crippen LogP contribution in [-0.2, 0) is 11.2 Å². The van der Waals surface area contributed by atoms with Gasteiger partial charge in [-0.3, -0.25) is 4.79 Å². The molecule has 1 atom stereocenters. The summed E-state index contributed by atoms with van der Waals surface area (Å²) < 4.78 is 2.04. The maximum absolute atomic E-state index is 12.6. The molecule has 4 nitrogen and oxygen atoms in total. The van der Waals surface area contributed by atoms with Crippen molar-refractivity contribution in [3.05, 3.63) is 54.4 Å². The molecule has 1 amide bonds. The van der Waals surface area contributed by atoms with Gasteiger partial charge >= 0.3 is 0 Å². The van der Waals surface area contributed by atoms with Crippen molar-refractivity contribution >= 4 is 17.2 Å². The lowest BCUT2D eigenvalue weighted by Crippen LogP contribution is -2.36. The number of nitrogens with zero attached hydrogens (tertiary/aromatic N) is 3. The van der Waals surface area contributed by atoms with Crippen molar-refractivity contribution in [1.82, 2.24) is 9.38 Å². The summed E-state index contributed by atoms with van der Waals surface area (Å²) in [7, 11) is 0. The Bertz CT molecular complexity index is 921. The summed E-state index contributed by atoms with van der Waals surface area (Å²) >= 11 is 0. The fraction of sp³-hybridized carbons (Fsp3) is 0.300. The van der Waals surface area contributed by atoms with E-state index in [0.717, 1.165) is 41.9 Å². The highest BCUT2D eigenvalue weighted by Gasteiger charge is 2.39. The number of imidazole rings is 1. The minimum Gasteiger partial charge on any atom is -0.309 e. The number of fused-ring (bicyclic) bond motifs is 2. The molecule has 2 aromatic heterocycles. The molecule has 0 radical (unpaired) electrons. The van der Waals surface area contributed by atoms with Crippen molar-refractivity contribution in [2.24, 2.45) is 5.92 Å². The Balaban J connectivity index is 1.54. The van der Waals surface area contributed by atoms with Gasteiger partial charge in [0.1, 0.15) is 5.65 Å². The average Bonchev–Trinajstić information content (AvgIpc) is 3.26. The number of carbonyl (C=O) groups excluding carboxylic acids is 1. The van der Waals surface area contributed by atoms with Crippen LogP contribution >= 0.6 is 0 Å². The smallest absolute Gasteiger partial charge is 0.230 e. The Labute approximate surface area is 140 Å². The van der Waals surface area contributed by atoms with Gasteiger partial charge in [0.25, 0.3) is 0 Å². The zero-order valence-electron chi connectivity index (χ0n) is 13.6. The predicted octanol–water partition coefficient (Wildman–Crippen LogP) is 3.69. The largest absolute Gasteiger partial charge is 0.309 e. The summed E-state index contributed by atoms with van der Waals surface area (Å²) in [6.07, 6.45) is 7.10. The number of amides is 1. The molecule has 1 aliphatic heterocycles. The maximum atomic E-state index is 12.6. The molecule has 0 saturated heterocycles. The first kappa shape index (κ1) is 13.8. The van der Waals surface area contributed by atoms with E-state index in [1.165, 1.54) is 5.56 Å². The van der Waals surface area contributed by atoms with E-state index in [9.17, 15) is 4.79 Å². The summed E-state index contributed by atoms with van der Waals surface area (Å²) in [6, 6.07) is 12.7. The van der Waals surface area contributed by atoms with Crippen LogP contribution in [0, 0.1) is 5.92 Å². The predicted molar refractivity (Wildman–Crippen MR) is 94.0 cm³/mol. The van der Waals surface area contributed by atoms with Crippen LogP contribution in [0.5, 0.6) is 0 Å². The number of aromatic nitrogens is 2. The molecule has 5 rings (SSSR count). The van der Waals surface area contributed by atoms with E-state index in [1.807, 2.05) is 33.7 Å². The highest BCUT2D eigenvalue weighted by atomic mass is 16.2. The summed E-state index contributed by atoms with van der Waals surface area (Å²) in [6.45, 7) is 2.14. The number of rotatable bonds is 2. The normalized spacial score (nSPS) is 19.7. The van der Waals surface area contributed by atoms with E-state index in [1.54, 1.807) is 0 Å². The van der Waals surface area contributed by atoms with Crippen LogP contribution in [0.15, 0.2) is 48.8 Å². The van der Waals surface area contributed by atoms with Gasteiger partial charge in [-0.1, -0.05) is 12.1 Å². The Morgan fingerprint density at radius 1 is 1.21 bits per heavy atom. The van der Waals surface area contributed by atoms with Crippen molar-refractivity contribution in [1.29, 1.82) is 0 Å². The van der Waals surface area contributed by atoms with Crippen LogP contribution in [-0.4, -0.2) is 21.3 Å². The molecule has 1 aliphatic carbocycles. The molecule has 0 spiro atoms. The SMILES string of the molecule is CC1Cc2cc(-c3cn4ccccc4n3)ccc2N1C(=O)C1CC1. The fourth-order valence-electron chi connectivity index (χ4n) is 3.73. The number of hydrogen-bond donors (Lipinski definition) is 0. The quantitative estimate of drug-likeness (QED) is 0.723. The van der Waals surface area contributed by atoms with Crippen LogP contribution in [0.1, 0.15) is 25.3 Å². The molecule has 3 heterocycles. The average molecular weight is 317 g/mol. The van der Waals surface area contributed by atoms with Crippen LogP contribution in [0.4, 0.5) is 5.69 Å². The van der Waals surface area contributed by atoms with E-state index >= 15 is 0 Å². The minimum atomic E-state index is 0.254. The number of hydrogen-bond acceptors (Lipinski definition) is 2. The van der Waals surface area contributed by atoms with Gasteiger partial charge in [0.15, 0.2) is 0 Å². The van der Waals surface area contributed by atoms with Gasteiger partial charge in [0.05, 0.1) is 5.69 Å². The third-order valence-electron chi connectivity index (χ3n) is 5.12. The molecule has 4 heteroatoms. The zero-order chi connectivity index (χ0) is 16.3. The second kappa shape index (κ2) is 4.94. The third kappa shape index (κ3) is 2.06. The highest BCUT2D eigenvalue weighted by Crippen LogP contribution is 2.40. The Kier molecular flexibility index (Phi) is 2.84. The van der Waals surface area contributed by atoms with Gasteiger partial charge in [-0.2, -0.15) is 0 Å². The summed E-state index contributed by atoms with van der Waals surface area (Å²) in [4.78, 5) is 19.3. The molecule has 1 unspecified atom stereocenters. The summed E-state index contributed by atoms with van der Waals surface area (Å²) in [5.74, 6) is 0.568.